The molecule has 0 saturated carbocycles. The quantitative estimate of drug-likeness (QED) is 0.430. The molecule has 120 valence electrons. The summed E-state index contributed by atoms with van der Waals surface area (Å²) in [6.45, 7) is 10.6. The van der Waals surface area contributed by atoms with Crippen LogP contribution >= 0.6 is 0 Å². The second-order valence-electron chi connectivity index (χ2n) is 6.74. The number of hydrogen-bond donors (Lipinski definition) is 0. The first-order chi connectivity index (χ1) is 10.2. The van der Waals surface area contributed by atoms with Crippen LogP contribution in [-0.2, 0) is 4.79 Å². The van der Waals surface area contributed by atoms with Gasteiger partial charge in [0.15, 0.2) is 0 Å². The molecule has 3 heteroatoms. The fourth-order valence-electron chi connectivity index (χ4n) is 2.87. The van der Waals surface area contributed by atoms with Crippen molar-refractivity contribution in [3.63, 3.8) is 0 Å². The molecule has 0 N–H and O–H groups in total. The average molecular weight is 339 g/mol. The Morgan fingerprint density at radius 3 is 2.39 bits per heavy atom. The van der Waals surface area contributed by atoms with Gasteiger partial charge in [0.05, 0.1) is 5.97 Å². The molecule has 0 unspecified atom stereocenters. The van der Waals surface area contributed by atoms with Gasteiger partial charge < -0.3 is 9.90 Å². The maximum absolute atomic E-state index is 10.4. The van der Waals surface area contributed by atoms with E-state index in [1.807, 2.05) is 19.1 Å². The number of hydrogen-bond acceptors (Lipinski definition) is 2. The number of allylic oxidation sites excluding steroid dienone is 9. The Balaban J connectivity index is 0.00000484. The zero-order valence-corrected chi connectivity index (χ0v) is 18.5. The monoisotopic (exact) mass is 338 g/mol. The van der Waals surface area contributed by atoms with Crippen molar-refractivity contribution in [2.45, 2.75) is 53.9 Å². The van der Waals surface area contributed by atoms with Gasteiger partial charge in [0.25, 0.3) is 0 Å². The van der Waals surface area contributed by atoms with Crippen molar-refractivity contribution in [2.24, 2.45) is 5.41 Å². The predicted octanol–water partition coefficient (Wildman–Crippen LogP) is 1.27. The third-order valence-corrected chi connectivity index (χ3v) is 4.12. The van der Waals surface area contributed by atoms with Crippen LogP contribution in [0, 0.1) is 5.41 Å². The van der Waals surface area contributed by atoms with Gasteiger partial charge in [-0.3, -0.25) is 0 Å². The van der Waals surface area contributed by atoms with Crippen LogP contribution in [0.2, 0.25) is 0 Å². The zero-order chi connectivity index (χ0) is 16.8. The number of aliphatic carboxylic acids is 1. The first-order valence-corrected chi connectivity index (χ1v) is 7.85. The molecule has 0 aromatic carbocycles. The first kappa shape index (κ1) is 22.8. The topological polar surface area (TPSA) is 40.1 Å². The van der Waals surface area contributed by atoms with Gasteiger partial charge in [-0.1, -0.05) is 55.4 Å². The summed E-state index contributed by atoms with van der Waals surface area (Å²) in [7, 11) is 0. The van der Waals surface area contributed by atoms with E-state index in [2.05, 4.69) is 32.9 Å². The Morgan fingerprint density at radius 1 is 1.17 bits per heavy atom. The molecule has 0 aliphatic heterocycles. The van der Waals surface area contributed by atoms with Gasteiger partial charge in [0.2, 0.25) is 0 Å². The summed E-state index contributed by atoms with van der Waals surface area (Å²) in [5, 5.41) is 10.4. The molecule has 0 fully saturated rings. The fourth-order valence-corrected chi connectivity index (χ4v) is 2.87. The standard InChI is InChI=1S/C20H28O2.K/c1-15(8-6-9-16(2)14-19(21)22)11-12-18-17(3)10-7-13-20(18,4)5;/h6,8-9,11-12,14H,7,10,13H2,1-5H3,(H,21,22);/q;+1/p-1/b9-6+,12-11+,15-8+,16-14+;. The van der Waals surface area contributed by atoms with Crippen molar-refractivity contribution in [1.82, 2.24) is 0 Å². The van der Waals surface area contributed by atoms with Crippen molar-refractivity contribution >= 4 is 5.97 Å². The van der Waals surface area contributed by atoms with E-state index in [9.17, 15) is 9.90 Å². The van der Waals surface area contributed by atoms with E-state index in [0.717, 1.165) is 11.6 Å². The second-order valence-corrected chi connectivity index (χ2v) is 6.74. The van der Waals surface area contributed by atoms with Crippen LogP contribution in [0.1, 0.15) is 53.9 Å². The van der Waals surface area contributed by atoms with Gasteiger partial charge in [0, 0.05) is 0 Å². The molecule has 23 heavy (non-hydrogen) atoms. The summed E-state index contributed by atoms with van der Waals surface area (Å²) < 4.78 is 0. The molecule has 1 rings (SSSR count). The van der Waals surface area contributed by atoms with Gasteiger partial charge >= 0.3 is 51.4 Å². The van der Waals surface area contributed by atoms with E-state index in [1.54, 1.807) is 13.0 Å². The third kappa shape index (κ3) is 8.46. The van der Waals surface area contributed by atoms with Crippen LogP contribution in [0.25, 0.3) is 0 Å². The number of carbonyl (C=O) groups excluding carboxylic acids is 1. The van der Waals surface area contributed by atoms with Crippen molar-refractivity contribution in [2.75, 3.05) is 0 Å². The van der Waals surface area contributed by atoms with Gasteiger partial charge in [-0.05, 0) is 62.7 Å². The van der Waals surface area contributed by atoms with Crippen LogP contribution < -0.4 is 56.5 Å². The minimum absolute atomic E-state index is 0. The summed E-state index contributed by atoms with van der Waals surface area (Å²) in [5.41, 5.74) is 4.99. The van der Waals surface area contributed by atoms with Crippen molar-refractivity contribution in [3.8, 4) is 0 Å². The van der Waals surface area contributed by atoms with Crippen molar-refractivity contribution in [3.05, 3.63) is 58.7 Å². The smallest absolute Gasteiger partial charge is 0.545 e. The van der Waals surface area contributed by atoms with Gasteiger partial charge in [-0.25, -0.2) is 0 Å². The van der Waals surface area contributed by atoms with Gasteiger partial charge in [-0.2, -0.15) is 0 Å². The summed E-state index contributed by atoms with van der Waals surface area (Å²) >= 11 is 0. The van der Waals surface area contributed by atoms with E-state index < -0.39 is 5.97 Å². The van der Waals surface area contributed by atoms with Crippen LogP contribution in [0.5, 0.6) is 0 Å². The van der Waals surface area contributed by atoms with Crippen molar-refractivity contribution in [1.29, 1.82) is 0 Å². The van der Waals surface area contributed by atoms with E-state index in [1.165, 1.54) is 30.4 Å². The van der Waals surface area contributed by atoms with E-state index >= 15 is 0 Å². The molecule has 0 radical (unpaired) electrons. The number of rotatable bonds is 5. The molecule has 0 saturated heterocycles. The van der Waals surface area contributed by atoms with Gasteiger partial charge in [0.1, 0.15) is 0 Å². The molecular formula is C20H27KO2. The molecule has 0 amide bonds. The molecule has 0 spiro atoms. The molecule has 2 nitrogen and oxygen atoms in total. The molecular weight excluding hydrogens is 311 g/mol. The van der Waals surface area contributed by atoms with E-state index in [-0.39, 0.29) is 56.8 Å². The molecule has 0 heterocycles. The fraction of sp³-hybridized carbons (Fsp3) is 0.450. The maximum Gasteiger partial charge on any atom is 1.00 e. The number of carbonyl (C=O) groups is 1. The largest absolute Gasteiger partial charge is 1.00 e. The molecule has 0 atom stereocenters. The molecule has 1 aliphatic rings. The Morgan fingerprint density at radius 2 is 1.83 bits per heavy atom. The summed E-state index contributed by atoms with van der Waals surface area (Å²) in [4.78, 5) is 10.4. The first-order valence-electron chi connectivity index (χ1n) is 7.85. The second kappa shape index (κ2) is 10.6. The van der Waals surface area contributed by atoms with Crippen LogP contribution in [0.15, 0.2) is 58.7 Å². The zero-order valence-electron chi connectivity index (χ0n) is 15.4. The van der Waals surface area contributed by atoms with Gasteiger partial charge in [-0.15, -0.1) is 0 Å². The molecule has 1 aliphatic carbocycles. The maximum atomic E-state index is 10.4. The molecule has 0 aromatic rings. The summed E-state index contributed by atoms with van der Waals surface area (Å²) in [6, 6.07) is 0. The minimum atomic E-state index is -1.16. The number of carboxylic acids is 1. The average Bonchev–Trinajstić information content (AvgIpc) is 2.36. The Hall–Kier alpha value is -0.194. The molecule has 0 bridgehead atoms. The van der Waals surface area contributed by atoms with Crippen LogP contribution in [-0.4, -0.2) is 5.97 Å². The Bertz CT molecular complexity index is 572. The molecule has 0 aromatic heterocycles. The van der Waals surface area contributed by atoms with Crippen LogP contribution in [0.3, 0.4) is 0 Å². The Labute approximate surface area is 183 Å². The SMILES string of the molecule is CC1=C(/C=C/C(C)=C/C=C/C(C)=C/C(=O)[O-])C(C)(C)CCC1.[K+]. The third-order valence-electron chi connectivity index (χ3n) is 4.12. The predicted molar refractivity (Wildman–Crippen MR) is 91.1 cm³/mol. The van der Waals surface area contributed by atoms with Crippen molar-refractivity contribution < 1.29 is 61.3 Å². The minimum Gasteiger partial charge on any atom is -0.545 e. The van der Waals surface area contributed by atoms with Crippen LogP contribution in [0.4, 0.5) is 0 Å². The summed E-state index contributed by atoms with van der Waals surface area (Å²) in [5.74, 6) is -1.16. The number of carboxylic acid groups (broad SMARTS) is 1. The van der Waals surface area contributed by atoms with E-state index in [0.29, 0.717) is 5.57 Å². The van der Waals surface area contributed by atoms with E-state index in [4.69, 9.17) is 0 Å². The normalized spacial score (nSPS) is 19.3. The Kier molecular flexibility index (Phi) is 10.5. The summed E-state index contributed by atoms with van der Waals surface area (Å²) in [6.07, 6.45) is 14.8.